The van der Waals surface area contributed by atoms with Gasteiger partial charge in [0.05, 0.1) is 6.61 Å². The van der Waals surface area contributed by atoms with Gasteiger partial charge in [0, 0.05) is 6.42 Å². The van der Waals surface area contributed by atoms with Crippen LogP contribution in [0.2, 0.25) is 0 Å². The number of rotatable bonds is 2. The smallest absolute Gasteiger partial charge is 0.122 e. The number of hydrogen-bond donors (Lipinski definition) is 1. The molecule has 0 bridgehead atoms. The summed E-state index contributed by atoms with van der Waals surface area (Å²) in [6.45, 7) is 4.63. The van der Waals surface area contributed by atoms with Crippen molar-refractivity contribution < 1.29 is 9.84 Å². The molecule has 1 heterocycles. The first kappa shape index (κ1) is 12.2. The van der Waals surface area contributed by atoms with Gasteiger partial charge in [-0.15, -0.1) is 0 Å². The molecule has 1 aliphatic rings. The fraction of sp³-hybridized carbons (Fsp3) is 0.294. The Hall–Kier alpha value is -1.80. The Morgan fingerprint density at radius 3 is 2.68 bits per heavy atom. The zero-order valence-electron chi connectivity index (χ0n) is 11.3. The molecule has 0 spiro atoms. The van der Waals surface area contributed by atoms with Crippen LogP contribution in [0.4, 0.5) is 0 Å². The van der Waals surface area contributed by atoms with E-state index in [1.165, 1.54) is 5.56 Å². The van der Waals surface area contributed by atoms with E-state index in [1.54, 1.807) is 0 Å². The molecular formula is C17H18O2. The van der Waals surface area contributed by atoms with Crippen LogP contribution in [0.1, 0.15) is 29.2 Å². The summed E-state index contributed by atoms with van der Waals surface area (Å²) in [4.78, 5) is 0. The molecule has 0 amide bonds. The van der Waals surface area contributed by atoms with Gasteiger partial charge in [-0.3, -0.25) is 0 Å². The van der Waals surface area contributed by atoms with Gasteiger partial charge in [0.1, 0.15) is 11.4 Å². The summed E-state index contributed by atoms with van der Waals surface area (Å²) in [7, 11) is 0. The number of fused-ring (bicyclic) bond motifs is 1. The molecule has 2 heteroatoms. The van der Waals surface area contributed by atoms with Gasteiger partial charge in [-0.25, -0.2) is 0 Å². The van der Waals surface area contributed by atoms with E-state index >= 15 is 0 Å². The van der Waals surface area contributed by atoms with E-state index in [2.05, 4.69) is 6.07 Å². The first-order chi connectivity index (χ1) is 9.07. The summed E-state index contributed by atoms with van der Waals surface area (Å²) >= 11 is 0. The van der Waals surface area contributed by atoms with Crippen molar-refractivity contribution in [1.82, 2.24) is 0 Å². The largest absolute Gasteiger partial charge is 0.493 e. The van der Waals surface area contributed by atoms with E-state index in [-0.39, 0.29) is 0 Å². The average molecular weight is 254 g/mol. The Morgan fingerprint density at radius 2 is 1.89 bits per heavy atom. The van der Waals surface area contributed by atoms with Gasteiger partial charge in [0.15, 0.2) is 0 Å². The normalized spacial score (nSPS) is 16.6. The minimum absolute atomic E-state index is 0.741. The third kappa shape index (κ3) is 2.13. The average Bonchev–Trinajstić information content (AvgIpc) is 2.85. The van der Waals surface area contributed by atoms with Crippen LogP contribution in [0.15, 0.2) is 42.5 Å². The minimum Gasteiger partial charge on any atom is -0.493 e. The molecule has 1 N–H and O–H groups in total. The highest BCUT2D eigenvalue weighted by atomic mass is 16.5. The Morgan fingerprint density at radius 1 is 1.11 bits per heavy atom. The molecular weight excluding hydrogens is 236 g/mol. The first-order valence-electron chi connectivity index (χ1n) is 6.63. The van der Waals surface area contributed by atoms with Gasteiger partial charge >= 0.3 is 0 Å². The molecule has 2 aromatic carbocycles. The van der Waals surface area contributed by atoms with Gasteiger partial charge in [0.25, 0.3) is 0 Å². The molecule has 3 rings (SSSR count). The zero-order valence-corrected chi connectivity index (χ0v) is 11.3. The fourth-order valence-corrected chi connectivity index (χ4v) is 2.60. The van der Waals surface area contributed by atoms with Crippen LogP contribution in [0, 0.1) is 6.92 Å². The quantitative estimate of drug-likeness (QED) is 0.892. The molecule has 1 atom stereocenters. The lowest BCUT2D eigenvalue weighted by molar-refractivity contribution is 0.102. The monoisotopic (exact) mass is 254 g/mol. The number of aliphatic hydroxyl groups is 1. The molecule has 2 aromatic rings. The van der Waals surface area contributed by atoms with Crippen LogP contribution in [0.25, 0.3) is 0 Å². The van der Waals surface area contributed by atoms with Crippen molar-refractivity contribution in [1.29, 1.82) is 0 Å². The van der Waals surface area contributed by atoms with Crippen LogP contribution < -0.4 is 4.74 Å². The van der Waals surface area contributed by atoms with Crippen molar-refractivity contribution >= 4 is 0 Å². The molecule has 0 aliphatic carbocycles. The number of ether oxygens (including phenoxy) is 1. The van der Waals surface area contributed by atoms with E-state index in [9.17, 15) is 5.11 Å². The molecule has 0 fully saturated rings. The van der Waals surface area contributed by atoms with Crippen molar-refractivity contribution in [2.24, 2.45) is 0 Å². The summed E-state index contributed by atoms with van der Waals surface area (Å²) in [6.07, 6.45) is 0.924. The Kier molecular flexibility index (Phi) is 2.83. The summed E-state index contributed by atoms with van der Waals surface area (Å²) in [5.41, 5.74) is 3.21. The van der Waals surface area contributed by atoms with Crippen molar-refractivity contribution in [3.8, 4) is 5.75 Å². The number of aryl methyl sites for hydroxylation is 1. The molecule has 1 unspecified atom stereocenters. The first-order valence-corrected chi connectivity index (χ1v) is 6.63. The lowest BCUT2D eigenvalue weighted by Crippen LogP contribution is -2.22. The summed E-state index contributed by atoms with van der Waals surface area (Å²) < 4.78 is 5.51. The van der Waals surface area contributed by atoms with E-state index in [4.69, 9.17) is 4.74 Å². The van der Waals surface area contributed by atoms with E-state index in [1.807, 2.05) is 50.2 Å². The van der Waals surface area contributed by atoms with Crippen molar-refractivity contribution in [2.45, 2.75) is 25.9 Å². The molecule has 0 saturated heterocycles. The number of hydrogen-bond acceptors (Lipinski definition) is 2. The van der Waals surface area contributed by atoms with Crippen LogP contribution in [-0.4, -0.2) is 11.7 Å². The second-order valence-electron chi connectivity index (χ2n) is 5.36. The second-order valence-corrected chi connectivity index (χ2v) is 5.36. The lowest BCUT2D eigenvalue weighted by atomic mass is 9.86. The molecule has 98 valence electrons. The highest BCUT2D eigenvalue weighted by Gasteiger charge is 2.27. The van der Waals surface area contributed by atoms with Crippen LogP contribution in [0.5, 0.6) is 5.75 Å². The van der Waals surface area contributed by atoms with Crippen LogP contribution >= 0.6 is 0 Å². The van der Waals surface area contributed by atoms with Gasteiger partial charge < -0.3 is 9.84 Å². The van der Waals surface area contributed by atoms with Crippen LogP contribution in [-0.2, 0) is 12.0 Å². The molecule has 0 radical (unpaired) electrons. The highest BCUT2D eigenvalue weighted by molar-refractivity contribution is 5.45. The fourth-order valence-electron chi connectivity index (χ4n) is 2.60. The molecule has 0 saturated carbocycles. The maximum absolute atomic E-state index is 10.9. The van der Waals surface area contributed by atoms with Gasteiger partial charge in [0.2, 0.25) is 0 Å². The van der Waals surface area contributed by atoms with Crippen LogP contribution in [0.3, 0.4) is 0 Å². The summed E-state index contributed by atoms with van der Waals surface area (Å²) in [5.74, 6) is 0.948. The Labute approximate surface area is 113 Å². The van der Waals surface area contributed by atoms with Gasteiger partial charge in [-0.1, -0.05) is 35.9 Å². The van der Waals surface area contributed by atoms with E-state index < -0.39 is 5.60 Å². The molecule has 0 aromatic heterocycles. The van der Waals surface area contributed by atoms with Crippen molar-refractivity contribution in [3.63, 3.8) is 0 Å². The molecule has 1 aliphatic heterocycles. The SMILES string of the molecule is Cc1cccc(C(C)(O)c2ccc3c(c2)CCO3)c1. The van der Waals surface area contributed by atoms with Gasteiger partial charge in [-0.2, -0.15) is 0 Å². The minimum atomic E-state index is -0.969. The maximum atomic E-state index is 10.9. The Balaban J connectivity index is 2.04. The standard InChI is InChI=1S/C17H18O2/c1-12-4-3-5-14(10-12)17(2,18)15-6-7-16-13(11-15)8-9-19-16/h3-7,10-11,18H,8-9H2,1-2H3. The molecule has 2 nitrogen and oxygen atoms in total. The van der Waals surface area contributed by atoms with Gasteiger partial charge in [-0.05, 0) is 42.7 Å². The third-order valence-electron chi connectivity index (χ3n) is 3.83. The topological polar surface area (TPSA) is 29.5 Å². The highest BCUT2D eigenvalue weighted by Crippen LogP contribution is 2.34. The van der Waals surface area contributed by atoms with Crippen molar-refractivity contribution in [2.75, 3.05) is 6.61 Å². The number of benzene rings is 2. The lowest BCUT2D eigenvalue weighted by Gasteiger charge is -2.25. The second kappa shape index (κ2) is 4.39. The predicted octanol–water partition coefficient (Wildman–Crippen LogP) is 3.19. The third-order valence-corrected chi connectivity index (χ3v) is 3.83. The maximum Gasteiger partial charge on any atom is 0.122 e. The Bertz CT molecular complexity index is 614. The predicted molar refractivity (Wildman–Crippen MR) is 75.5 cm³/mol. The summed E-state index contributed by atoms with van der Waals surface area (Å²) in [5, 5.41) is 10.9. The van der Waals surface area contributed by atoms with Crippen molar-refractivity contribution in [3.05, 3.63) is 64.7 Å². The van der Waals surface area contributed by atoms with E-state index in [0.29, 0.717) is 0 Å². The molecule has 19 heavy (non-hydrogen) atoms. The van der Waals surface area contributed by atoms with E-state index in [0.717, 1.165) is 35.5 Å². The summed E-state index contributed by atoms with van der Waals surface area (Å²) in [6, 6.07) is 14.0. The zero-order chi connectivity index (χ0) is 13.5.